The Hall–Kier alpha value is -0.710. The molecule has 0 aromatic heterocycles. The Morgan fingerprint density at radius 3 is 2.70 bits per heavy atom. The summed E-state index contributed by atoms with van der Waals surface area (Å²) in [6.45, 7) is 4.09. The third-order valence-corrected chi connectivity index (χ3v) is 1.47. The smallest absolute Gasteiger partial charge is 0.286 e. The molecule has 0 bridgehead atoms. The highest BCUT2D eigenvalue weighted by Crippen LogP contribution is 2.04. The minimum absolute atomic E-state index is 0.108. The lowest BCUT2D eigenvalue weighted by atomic mass is 10.1. The molecule has 0 N–H and O–H groups in total. The van der Waals surface area contributed by atoms with E-state index in [0.717, 1.165) is 6.42 Å². The van der Waals surface area contributed by atoms with Gasteiger partial charge in [-0.1, -0.05) is 19.8 Å². The minimum Gasteiger partial charge on any atom is -0.424 e. The first-order valence-corrected chi connectivity index (χ1v) is 3.86. The van der Waals surface area contributed by atoms with Crippen LogP contribution in [0.2, 0.25) is 0 Å². The van der Waals surface area contributed by atoms with Crippen LogP contribution in [0.3, 0.4) is 0 Å². The Kier molecular flexibility index (Phi) is 5.96. The molecule has 0 aromatic rings. The lowest BCUT2D eigenvalue weighted by Gasteiger charge is -2.05. The standard InChI is InChI=1S/C8H15NO/c1-3-4-5-6-8(2)10-7-9/h8H,3-6H2,1-2H3. The van der Waals surface area contributed by atoms with Crippen LogP contribution >= 0.6 is 0 Å². The molecule has 0 aliphatic rings. The molecule has 1 atom stereocenters. The molecule has 2 heteroatoms. The van der Waals surface area contributed by atoms with Crippen LogP contribution in [0.5, 0.6) is 0 Å². The van der Waals surface area contributed by atoms with E-state index >= 15 is 0 Å². The van der Waals surface area contributed by atoms with Gasteiger partial charge in [-0.15, -0.1) is 0 Å². The van der Waals surface area contributed by atoms with E-state index in [1.54, 1.807) is 6.26 Å². The predicted molar refractivity (Wildman–Crippen MR) is 40.3 cm³/mol. The first kappa shape index (κ1) is 9.29. The van der Waals surface area contributed by atoms with Gasteiger partial charge >= 0.3 is 0 Å². The molecule has 0 rings (SSSR count). The second-order valence-corrected chi connectivity index (χ2v) is 2.52. The lowest BCUT2D eigenvalue weighted by molar-refractivity contribution is 0.166. The third kappa shape index (κ3) is 5.43. The van der Waals surface area contributed by atoms with E-state index in [9.17, 15) is 0 Å². The van der Waals surface area contributed by atoms with Crippen LogP contribution in [-0.2, 0) is 4.74 Å². The van der Waals surface area contributed by atoms with Crippen LogP contribution < -0.4 is 0 Å². The van der Waals surface area contributed by atoms with Crippen molar-refractivity contribution in [3.05, 3.63) is 0 Å². The van der Waals surface area contributed by atoms with Gasteiger partial charge in [0.05, 0.1) is 0 Å². The zero-order chi connectivity index (χ0) is 7.82. The van der Waals surface area contributed by atoms with Gasteiger partial charge < -0.3 is 4.74 Å². The van der Waals surface area contributed by atoms with E-state index in [2.05, 4.69) is 6.92 Å². The highest BCUT2D eigenvalue weighted by Gasteiger charge is 1.99. The molecular weight excluding hydrogens is 126 g/mol. The summed E-state index contributed by atoms with van der Waals surface area (Å²) >= 11 is 0. The number of unbranched alkanes of at least 4 members (excludes halogenated alkanes) is 2. The fourth-order valence-corrected chi connectivity index (χ4v) is 0.831. The summed E-state index contributed by atoms with van der Waals surface area (Å²) in [7, 11) is 0. The molecule has 0 amide bonds. The molecule has 1 unspecified atom stereocenters. The van der Waals surface area contributed by atoms with E-state index in [1.165, 1.54) is 19.3 Å². The Balaban J connectivity index is 3.06. The van der Waals surface area contributed by atoms with Crippen molar-refractivity contribution in [2.45, 2.75) is 45.6 Å². The van der Waals surface area contributed by atoms with Crippen molar-refractivity contribution < 1.29 is 4.74 Å². The fraction of sp³-hybridized carbons (Fsp3) is 0.875. The molecule has 0 aliphatic heterocycles. The van der Waals surface area contributed by atoms with Gasteiger partial charge in [-0.3, -0.25) is 0 Å². The lowest BCUT2D eigenvalue weighted by Crippen LogP contribution is -2.03. The molecule has 0 saturated heterocycles. The van der Waals surface area contributed by atoms with Gasteiger partial charge in [0, 0.05) is 0 Å². The number of rotatable bonds is 5. The van der Waals surface area contributed by atoms with Crippen molar-refractivity contribution in [1.82, 2.24) is 0 Å². The van der Waals surface area contributed by atoms with E-state index in [1.807, 2.05) is 6.92 Å². The monoisotopic (exact) mass is 141 g/mol. The maximum Gasteiger partial charge on any atom is 0.286 e. The van der Waals surface area contributed by atoms with Gasteiger partial charge in [-0.2, -0.15) is 5.26 Å². The number of nitrogens with zero attached hydrogens (tertiary/aromatic N) is 1. The quantitative estimate of drug-likeness (QED) is 0.435. The van der Waals surface area contributed by atoms with Crippen LogP contribution in [0.15, 0.2) is 0 Å². The van der Waals surface area contributed by atoms with Crippen LogP contribution in [0.4, 0.5) is 0 Å². The Bertz CT molecular complexity index is 106. The summed E-state index contributed by atoms with van der Waals surface area (Å²) < 4.78 is 4.69. The molecule has 0 saturated carbocycles. The molecule has 0 aromatic carbocycles. The van der Waals surface area contributed by atoms with Gasteiger partial charge in [-0.25, -0.2) is 0 Å². The van der Waals surface area contributed by atoms with Gasteiger partial charge in [0.25, 0.3) is 6.26 Å². The van der Waals surface area contributed by atoms with Crippen LogP contribution in [0, 0.1) is 11.5 Å². The zero-order valence-corrected chi connectivity index (χ0v) is 6.76. The maximum absolute atomic E-state index is 8.12. The van der Waals surface area contributed by atoms with Crippen LogP contribution in [0.1, 0.15) is 39.5 Å². The molecule has 10 heavy (non-hydrogen) atoms. The number of nitriles is 1. The van der Waals surface area contributed by atoms with Gasteiger partial charge in [0.2, 0.25) is 0 Å². The number of hydrogen-bond donors (Lipinski definition) is 0. The molecule has 2 nitrogen and oxygen atoms in total. The third-order valence-electron chi connectivity index (χ3n) is 1.47. The highest BCUT2D eigenvalue weighted by molar-refractivity contribution is 4.57. The maximum atomic E-state index is 8.12. The SMILES string of the molecule is CCCCCC(C)OC#N. The summed E-state index contributed by atoms with van der Waals surface area (Å²) in [5.74, 6) is 0. The summed E-state index contributed by atoms with van der Waals surface area (Å²) in [5.41, 5.74) is 0. The van der Waals surface area contributed by atoms with Crippen molar-refractivity contribution in [2.24, 2.45) is 0 Å². The second-order valence-electron chi connectivity index (χ2n) is 2.52. The van der Waals surface area contributed by atoms with E-state index in [-0.39, 0.29) is 6.10 Å². The average molecular weight is 141 g/mol. The summed E-state index contributed by atoms with van der Waals surface area (Å²) in [6.07, 6.45) is 6.43. The van der Waals surface area contributed by atoms with Crippen molar-refractivity contribution in [3.63, 3.8) is 0 Å². The second kappa shape index (κ2) is 6.41. The Morgan fingerprint density at radius 2 is 2.20 bits per heavy atom. The van der Waals surface area contributed by atoms with E-state index in [4.69, 9.17) is 10.00 Å². The van der Waals surface area contributed by atoms with E-state index in [0.29, 0.717) is 0 Å². The molecular formula is C8H15NO. The van der Waals surface area contributed by atoms with Crippen molar-refractivity contribution >= 4 is 0 Å². The van der Waals surface area contributed by atoms with Gasteiger partial charge in [0.15, 0.2) is 0 Å². The molecule has 0 fully saturated rings. The van der Waals surface area contributed by atoms with E-state index < -0.39 is 0 Å². The summed E-state index contributed by atoms with van der Waals surface area (Å²) in [6, 6.07) is 0. The van der Waals surface area contributed by atoms with Gasteiger partial charge in [0.1, 0.15) is 6.10 Å². The van der Waals surface area contributed by atoms with Crippen molar-refractivity contribution in [2.75, 3.05) is 0 Å². The Labute approximate surface area is 62.8 Å². The molecule has 0 spiro atoms. The molecule has 58 valence electrons. The molecule has 0 radical (unpaired) electrons. The first-order valence-electron chi connectivity index (χ1n) is 3.86. The topological polar surface area (TPSA) is 33.0 Å². The number of ether oxygens (including phenoxy) is 1. The first-order chi connectivity index (χ1) is 4.81. The van der Waals surface area contributed by atoms with Crippen molar-refractivity contribution in [3.8, 4) is 6.26 Å². The summed E-state index contributed by atoms with van der Waals surface area (Å²) in [5, 5.41) is 8.12. The van der Waals surface area contributed by atoms with Gasteiger partial charge in [-0.05, 0) is 19.8 Å². The minimum atomic E-state index is 0.108. The Morgan fingerprint density at radius 1 is 1.50 bits per heavy atom. The highest BCUT2D eigenvalue weighted by atomic mass is 16.5. The molecule has 0 heterocycles. The van der Waals surface area contributed by atoms with Crippen molar-refractivity contribution in [1.29, 1.82) is 5.26 Å². The predicted octanol–water partition coefficient (Wildman–Crippen LogP) is 2.45. The zero-order valence-electron chi connectivity index (χ0n) is 6.76. The van der Waals surface area contributed by atoms with Crippen LogP contribution in [0.25, 0.3) is 0 Å². The summed E-state index contributed by atoms with van der Waals surface area (Å²) in [4.78, 5) is 0. The van der Waals surface area contributed by atoms with Crippen LogP contribution in [-0.4, -0.2) is 6.10 Å². The molecule has 0 aliphatic carbocycles. The normalized spacial score (nSPS) is 12.1. The average Bonchev–Trinajstić information content (AvgIpc) is 1.89. The largest absolute Gasteiger partial charge is 0.424 e. The fourth-order valence-electron chi connectivity index (χ4n) is 0.831. The number of hydrogen-bond acceptors (Lipinski definition) is 2.